The number of rotatable bonds is 2. The highest BCUT2D eigenvalue weighted by molar-refractivity contribution is 14.1. The second-order valence-electron chi connectivity index (χ2n) is 3.74. The lowest BCUT2D eigenvalue weighted by atomic mass is 10.1. The molecule has 0 saturated carbocycles. The van der Waals surface area contributed by atoms with Gasteiger partial charge in [0.1, 0.15) is 0 Å². The van der Waals surface area contributed by atoms with Gasteiger partial charge in [-0.3, -0.25) is 5.32 Å². The molecule has 1 aliphatic rings. The predicted octanol–water partition coefficient (Wildman–Crippen LogP) is 2.04. The van der Waals surface area contributed by atoms with Crippen LogP contribution in [0.3, 0.4) is 0 Å². The largest absolute Gasteiger partial charge is 0.450 e. The third-order valence-corrected chi connectivity index (χ3v) is 3.49. The number of halogens is 1. The van der Waals surface area contributed by atoms with E-state index >= 15 is 0 Å². The summed E-state index contributed by atoms with van der Waals surface area (Å²) >= 11 is 2.29. The Bertz CT molecular complexity index is 476. The molecule has 96 valence electrons. The number of benzene rings is 1. The lowest BCUT2D eigenvalue weighted by molar-refractivity contribution is 0.157. The van der Waals surface area contributed by atoms with E-state index in [2.05, 4.69) is 38.2 Å². The first kappa shape index (κ1) is 13.1. The van der Waals surface area contributed by atoms with Crippen LogP contribution in [0.15, 0.2) is 29.3 Å². The molecule has 1 unspecified atom stereocenters. The summed E-state index contributed by atoms with van der Waals surface area (Å²) in [5.41, 5.74) is 1.16. The van der Waals surface area contributed by atoms with Gasteiger partial charge >= 0.3 is 6.09 Å². The molecule has 6 heteroatoms. The van der Waals surface area contributed by atoms with E-state index in [4.69, 9.17) is 4.74 Å². The lowest BCUT2D eigenvalue weighted by Crippen LogP contribution is -2.38. The molecule has 1 atom stereocenters. The van der Waals surface area contributed by atoms with Crippen molar-refractivity contribution in [3.8, 4) is 0 Å². The Balaban J connectivity index is 2.04. The van der Waals surface area contributed by atoms with Crippen LogP contribution in [-0.4, -0.2) is 25.2 Å². The third-order valence-electron chi connectivity index (χ3n) is 2.51. The number of hydrogen-bond acceptors (Lipinski definition) is 4. The van der Waals surface area contributed by atoms with Crippen molar-refractivity contribution in [3.05, 3.63) is 33.4 Å². The molecule has 2 rings (SSSR count). The summed E-state index contributed by atoms with van der Waals surface area (Å²) in [6, 6.07) is 8.11. The Morgan fingerprint density at radius 1 is 1.61 bits per heavy atom. The Hall–Kier alpha value is -1.31. The highest BCUT2D eigenvalue weighted by atomic mass is 127. The van der Waals surface area contributed by atoms with Gasteiger partial charge in [0.05, 0.1) is 12.6 Å². The van der Waals surface area contributed by atoms with E-state index in [1.54, 1.807) is 6.92 Å². The van der Waals surface area contributed by atoms with Crippen LogP contribution in [0.1, 0.15) is 18.5 Å². The molecule has 2 N–H and O–H groups in total. The zero-order chi connectivity index (χ0) is 13.0. The van der Waals surface area contributed by atoms with Gasteiger partial charge in [-0.1, -0.05) is 18.2 Å². The van der Waals surface area contributed by atoms with E-state index in [9.17, 15) is 4.79 Å². The second kappa shape index (κ2) is 6.03. The van der Waals surface area contributed by atoms with Crippen molar-refractivity contribution in [2.24, 2.45) is 4.99 Å². The van der Waals surface area contributed by atoms with Gasteiger partial charge in [-0.2, -0.15) is 0 Å². The van der Waals surface area contributed by atoms with E-state index < -0.39 is 6.09 Å². The van der Waals surface area contributed by atoms with E-state index in [-0.39, 0.29) is 6.04 Å². The molecular weight excluding hydrogens is 345 g/mol. The smallest absolute Gasteiger partial charge is 0.413 e. The number of carbonyl (C=O) groups is 1. The number of alkyl carbamates (subject to hydrolysis) is 1. The molecule has 1 heterocycles. The summed E-state index contributed by atoms with van der Waals surface area (Å²) in [5, 5.41) is 5.63. The topological polar surface area (TPSA) is 62.7 Å². The van der Waals surface area contributed by atoms with Gasteiger partial charge in [-0.15, -0.1) is 0 Å². The molecule has 0 saturated heterocycles. The van der Waals surface area contributed by atoms with Crippen molar-refractivity contribution >= 4 is 34.6 Å². The number of guanidine groups is 1. The minimum absolute atomic E-state index is 0.0371. The number of amides is 1. The maximum absolute atomic E-state index is 11.3. The molecule has 1 aliphatic heterocycles. The number of hydrogen-bond donors (Lipinski definition) is 2. The molecule has 0 aliphatic carbocycles. The number of nitrogens with zero attached hydrogens (tertiary/aromatic N) is 1. The van der Waals surface area contributed by atoms with Crippen molar-refractivity contribution in [2.45, 2.75) is 13.0 Å². The van der Waals surface area contributed by atoms with E-state index in [0.717, 1.165) is 5.56 Å². The molecule has 0 bridgehead atoms. The first-order chi connectivity index (χ1) is 8.70. The minimum Gasteiger partial charge on any atom is -0.450 e. The van der Waals surface area contributed by atoms with E-state index in [1.165, 1.54) is 3.57 Å². The maximum atomic E-state index is 11.3. The monoisotopic (exact) mass is 359 g/mol. The Labute approximate surface area is 119 Å². The first-order valence-corrected chi connectivity index (χ1v) is 6.78. The fraction of sp³-hybridized carbons (Fsp3) is 0.333. The number of carbonyl (C=O) groups excluding carboxylic acids is 1. The molecule has 1 amide bonds. The van der Waals surface area contributed by atoms with Crippen molar-refractivity contribution in [1.82, 2.24) is 10.6 Å². The summed E-state index contributed by atoms with van der Waals surface area (Å²) in [7, 11) is 0. The average molecular weight is 359 g/mol. The average Bonchev–Trinajstić information content (AvgIpc) is 2.78. The van der Waals surface area contributed by atoms with Crippen LogP contribution in [0, 0.1) is 3.57 Å². The van der Waals surface area contributed by atoms with Crippen molar-refractivity contribution < 1.29 is 9.53 Å². The number of nitrogens with one attached hydrogen (secondary N) is 2. The highest BCUT2D eigenvalue weighted by Gasteiger charge is 2.21. The quantitative estimate of drug-likeness (QED) is 0.795. The molecular formula is C12H14IN3O2. The zero-order valence-corrected chi connectivity index (χ0v) is 12.1. The lowest BCUT2D eigenvalue weighted by Gasteiger charge is -2.07. The van der Waals surface area contributed by atoms with Gasteiger partial charge in [0.25, 0.3) is 0 Å². The van der Waals surface area contributed by atoms with Gasteiger partial charge < -0.3 is 10.1 Å². The normalized spacial score (nSPS) is 17.9. The summed E-state index contributed by atoms with van der Waals surface area (Å²) < 4.78 is 5.97. The fourth-order valence-electron chi connectivity index (χ4n) is 1.71. The van der Waals surface area contributed by atoms with Gasteiger partial charge in [0, 0.05) is 10.1 Å². The van der Waals surface area contributed by atoms with Crippen LogP contribution in [0.25, 0.3) is 0 Å². The number of aliphatic imine (C=N–C) groups is 1. The third kappa shape index (κ3) is 3.12. The van der Waals surface area contributed by atoms with Crippen molar-refractivity contribution in [1.29, 1.82) is 0 Å². The summed E-state index contributed by atoms with van der Waals surface area (Å²) in [4.78, 5) is 15.7. The van der Waals surface area contributed by atoms with Crippen LogP contribution in [-0.2, 0) is 4.74 Å². The van der Waals surface area contributed by atoms with Crippen LogP contribution in [0.4, 0.5) is 4.79 Å². The maximum Gasteiger partial charge on any atom is 0.413 e. The van der Waals surface area contributed by atoms with Crippen LogP contribution in [0.5, 0.6) is 0 Å². The van der Waals surface area contributed by atoms with Crippen molar-refractivity contribution in [3.63, 3.8) is 0 Å². The van der Waals surface area contributed by atoms with Crippen LogP contribution in [0.2, 0.25) is 0 Å². The second-order valence-corrected chi connectivity index (χ2v) is 4.90. The van der Waals surface area contributed by atoms with Gasteiger partial charge in [0.2, 0.25) is 5.96 Å². The first-order valence-electron chi connectivity index (χ1n) is 5.70. The van der Waals surface area contributed by atoms with Crippen LogP contribution < -0.4 is 10.6 Å². The minimum atomic E-state index is -0.479. The summed E-state index contributed by atoms with van der Waals surface area (Å²) in [5.74, 6) is 0.470. The standard InChI is InChI=1S/C12H14IN3O2/c1-2-18-12(17)16-11-14-7-10(15-11)8-5-3-4-6-9(8)13/h3-6,10H,2,7H2,1H3,(H2,14,15,16,17). The van der Waals surface area contributed by atoms with Gasteiger partial charge in [0.15, 0.2) is 0 Å². The molecule has 0 spiro atoms. The van der Waals surface area contributed by atoms with Gasteiger partial charge in [-0.25, -0.2) is 9.79 Å². The van der Waals surface area contributed by atoms with E-state index in [0.29, 0.717) is 19.1 Å². The molecule has 1 aromatic carbocycles. The Kier molecular flexibility index (Phi) is 4.40. The predicted molar refractivity (Wildman–Crippen MR) is 77.5 cm³/mol. The van der Waals surface area contributed by atoms with Crippen molar-refractivity contribution in [2.75, 3.05) is 13.2 Å². The molecule has 0 fully saturated rings. The SMILES string of the molecule is CCOC(=O)NC1=NC(c2ccccc2I)CN1. The molecule has 0 radical (unpaired) electrons. The Morgan fingerprint density at radius 3 is 3.11 bits per heavy atom. The number of ether oxygens (including phenoxy) is 1. The zero-order valence-electron chi connectivity index (χ0n) is 9.94. The van der Waals surface area contributed by atoms with Crippen LogP contribution >= 0.6 is 22.6 Å². The highest BCUT2D eigenvalue weighted by Crippen LogP contribution is 2.24. The van der Waals surface area contributed by atoms with E-state index in [1.807, 2.05) is 24.3 Å². The molecule has 18 heavy (non-hydrogen) atoms. The molecule has 1 aromatic rings. The summed E-state index contributed by atoms with van der Waals surface area (Å²) in [6.45, 7) is 2.79. The fourth-order valence-corrected chi connectivity index (χ4v) is 2.45. The summed E-state index contributed by atoms with van der Waals surface area (Å²) in [6.07, 6.45) is -0.479. The molecule has 5 nitrogen and oxygen atoms in total. The van der Waals surface area contributed by atoms with Gasteiger partial charge in [-0.05, 0) is 41.1 Å². The Morgan fingerprint density at radius 2 is 2.39 bits per heavy atom. The molecule has 0 aromatic heterocycles.